The molecule has 0 saturated heterocycles. The molecule has 0 aliphatic rings. The van der Waals surface area contributed by atoms with Crippen LogP contribution >= 0.6 is 15.9 Å². The normalized spacial score (nSPS) is 10.0. The van der Waals surface area contributed by atoms with E-state index in [2.05, 4.69) is 26.2 Å². The van der Waals surface area contributed by atoms with E-state index >= 15 is 0 Å². The van der Waals surface area contributed by atoms with E-state index in [1.165, 1.54) is 0 Å². The number of nitrogens with zero attached hydrogens (tertiary/aromatic N) is 2. The Hall–Kier alpha value is -2.39. The average Bonchev–Trinajstić information content (AvgIpc) is 2.39. The molecule has 0 amide bonds. The minimum atomic E-state index is -1.03. The number of rotatable bonds is 3. The lowest BCUT2D eigenvalue weighted by Gasteiger charge is -2.13. The Morgan fingerprint density at radius 3 is 2.67 bits per heavy atom. The van der Waals surface area contributed by atoms with Gasteiger partial charge in [0.2, 0.25) is 0 Å². The van der Waals surface area contributed by atoms with Crippen molar-refractivity contribution >= 4 is 33.4 Å². The van der Waals surface area contributed by atoms with E-state index in [0.29, 0.717) is 21.3 Å². The average molecular weight is 346 g/mol. The number of carboxylic acid groups (broad SMARTS) is 1. The van der Waals surface area contributed by atoms with Crippen LogP contribution in [0.4, 0.5) is 11.5 Å². The first-order valence-corrected chi connectivity index (χ1v) is 6.90. The highest BCUT2D eigenvalue weighted by molar-refractivity contribution is 9.10. The molecule has 0 aliphatic carbocycles. The summed E-state index contributed by atoms with van der Waals surface area (Å²) in [6.45, 7) is 3.54. The maximum Gasteiger partial charge on any atom is 0.339 e. The van der Waals surface area contributed by atoms with E-state index in [-0.39, 0.29) is 11.4 Å². The number of nitrogens with one attached hydrogen (secondary N) is 1. The summed E-state index contributed by atoms with van der Waals surface area (Å²) in [7, 11) is 0. The lowest BCUT2D eigenvalue weighted by atomic mass is 10.1. The van der Waals surface area contributed by atoms with Crippen molar-refractivity contribution in [1.29, 1.82) is 5.26 Å². The number of halogens is 1. The van der Waals surface area contributed by atoms with Crippen molar-refractivity contribution in [3.63, 3.8) is 0 Å². The minimum absolute atomic E-state index is 0.136. The number of hydrogen-bond acceptors (Lipinski definition) is 4. The maximum absolute atomic E-state index is 11.4. The van der Waals surface area contributed by atoms with E-state index in [9.17, 15) is 9.90 Å². The number of pyridine rings is 1. The summed E-state index contributed by atoms with van der Waals surface area (Å²) in [4.78, 5) is 15.7. The first-order valence-electron chi connectivity index (χ1n) is 6.10. The van der Waals surface area contributed by atoms with Crippen molar-refractivity contribution in [3.05, 3.63) is 51.1 Å². The lowest BCUT2D eigenvalue weighted by molar-refractivity contribution is 0.0697. The van der Waals surface area contributed by atoms with Crippen molar-refractivity contribution in [2.75, 3.05) is 5.32 Å². The van der Waals surface area contributed by atoms with Crippen LogP contribution in [0.25, 0.3) is 0 Å². The SMILES string of the molecule is Cc1cc(C)c(C(=O)O)c(Nc2ccc(C#N)cc2Br)n1. The van der Waals surface area contributed by atoms with Gasteiger partial charge in [-0.05, 0) is 59.6 Å². The standard InChI is InChI=1S/C15H12BrN3O2/c1-8-5-9(2)18-14(13(8)15(20)21)19-12-4-3-10(7-17)6-11(12)16/h3-6H,1-2H3,(H,18,19)(H,20,21). The maximum atomic E-state index is 11.4. The highest BCUT2D eigenvalue weighted by Gasteiger charge is 2.16. The van der Waals surface area contributed by atoms with Gasteiger partial charge in [-0.2, -0.15) is 5.26 Å². The van der Waals surface area contributed by atoms with Gasteiger partial charge < -0.3 is 10.4 Å². The third-order valence-corrected chi connectivity index (χ3v) is 3.57. The lowest BCUT2D eigenvalue weighted by Crippen LogP contribution is -2.08. The molecule has 0 radical (unpaired) electrons. The number of aromatic carboxylic acids is 1. The monoisotopic (exact) mass is 345 g/mol. The number of hydrogen-bond donors (Lipinski definition) is 2. The number of aryl methyl sites for hydroxylation is 2. The minimum Gasteiger partial charge on any atom is -0.478 e. The van der Waals surface area contributed by atoms with Crippen LogP contribution in [0.3, 0.4) is 0 Å². The smallest absolute Gasteiger partial charge is 0.339 e. The number of anilines is 2. The molecule has 6 heteroatoms. The Bertz CT molecular complexity index is 766. The Balaban J connectivity index is 2.49. The van der Waals surface area contributed by atoms with Crippen molar-refractivity contribution in [2.45, 2.75) is 13.8 Å². The van der Waals surface area contributed by atoms with Gasteiger partial charge in [0.15, 0.2) is 0 Å². The zero-order valence-electron chi connectivity index (χ0n) is 11.4. The van der Waals surface area contributed by atoms with Gasteiger partial charge in [0.25, 0.3) is 0 Å². The molecule has 1 aromatic heterocycles. The fourth-order valence-electron chi connectivity index (χ4n) is 2.01. The summed E-state index contributed by atoms with van der Waals surface area (Å²) in [5.41, 5.74) is 2.66. The second-order valence-corrected chi connectivity index (χ2v) is 5.40. The molecule has 0 unspecified atom stereocenters. The van der Waals surface area contributed by atoms with E-state index in [4.69, 9.17) is 5.26 Å². The molecule has 2 N–H and O–H groups in total. The summed E-state index contributed by atoms with van der Waals surface area (Å²) in [5, 5.41) is 21.2. The summed E-state index contributed by atoms with van der Waals surface area (Å²) in [6.07, 6.45) is 0. The zero-order chi connectivity index (χ0) is 15.6. The van der Waals surface area contributed by atoms with E-state index in [0.717, 1.165) is 5.69 Å². The van der Waals surface area contributed by atoms with Gasteiger partial charge in [0.1, 0.15) is 11.4 Å². The highest BCUT2D eigenvalue weighted by atomic mass is 79.9. The largest absolute Gasteiger partial charge is 0.478 e. The third kappa shape index (κ3) is 3.20. The molecule has 0 aliphatic heterocycles. The van der Waals surface area contributed by atoms with Gasteiger partial charge in [0.05, 0.1) is 17.3 Å². The number of nitriles is 1. The van der Waals surface area contributed by atoms with Crippen molar-refractivity contribution < 1.29 is 9.90 Å². The van der Waals surface area contributed by atoms with Crippen LogP contribution in [0.2, 0.25) is 0 Å². The first-order chi connectivity index (χ1) is 9.92. The first kappa shape index (κ1) is 15.0. The molecule has 2 aromatic rings. The van der Waals surface area contributed by atoms with Crippen LogP contribution in [0.5, 0.6) is 0 Å². The summed E-state index contributed by atoms with van der Waals surface area (Å²) in [6, 6.07) is 8.77. The predicted octanol–water partition coefficient (Wildman–Crippen LogP) is 3.77. The topological polar surface area (TPSA) is 86.0 Å². The molecule has 21 heavy (non-hydrogen) atoms. The summed E-state index contributed by atoms with van der Waals surface area (Å²) >= 11 is 3.36. The van der Waals surface area contributed by atoms with E-state index < -0.39 is 5.97 Å². The molecule has 0 saturated carbocycles. The van der Waals surface area contributed by atoms with Gasteiger partial charge in [-0.15, -0.1) is 0 Å². The van der Waals surface area contributed by atoms with E-state index in [1.807, 2.05) is 6.07 Å². The predicted molar refractivity (Wildman–Crippen MR) is 82.8 cm³/mol. The third-order valence-electron chi connectivity index (χ3n) is 2.91. The van der Waals surface area contributed by atoms with Gasteiger partial charge in [-0.25, -0.2) is 9.78 Å². The fourth-order valence-corrected chi connectivity index (χ4v) is 2.49. The molecule has 0 spiro atoms. The molecule has 5 nitrogen and oxygen atoms in total. The molecule has 0 bridgehead atoms. The summed E-state index contributed by atoms with van der Waals surface area (Å²) < 4.78 is 0.666. The summed E-state index contributed by atoms with van der Waals surface area (Å²) in [5.74, 6) is -0.752. The molecule has 0 atom stereocenters. The number of carboxylic acids is 1. The molecule has 0 fully saturated rings. The van der Waals surface area contributed by atoms with Crippen molar-refractivity contribution in [2.24, 2.45) is 0 Å². The van der Waals surface area contributed by atoms with Crippen LogP contribution in [0.1, 0.15) is 27.2 Å². The number of benzene rings is 1. The Labute approximate surface area is 130 Å². The Kier molecular flexibility index (Phi) is 4.24. The van der Waals surface area contributed by atoms with Gasteiger partial charge in [-0.1, -0.05) is 0 Å². The van der Waals surface area contributed by atoms with Crippen molar-refractivity contribution in [3.8, 4) is 6.07 Å². The van der Waals surface area contributed by atoms with Crippen LogP contribution in [-0.4, -0.2) is 16.1 Å². The van der Waals surface area contributed by atoms with Crippen LogP contribution < -0.4 is 5.32 Å². The van der Waals surface area contributed by atoms with E-state index in [1.54, 1.807) is 38.1 Å². The van der Waals surface area contributed by atoms with Crippen LogP contribution in [0, 0.1) is 25.2 Å². The van der Waals surface area contributed by atoms with Crippen LogP contribution in [0.15, 0.2) is 28.7 Å². The molecular weight excluding hydrogens is 334 g/mol. The molecular formula is C15H12BrN3O2. The molecule has 1 heterocycles. The second kappa shape index (κ2) is 5.94. The molecule has 106 valence electrons. The highest BCUT2D eigenvalue weighted by Crippen LogP contribution is 2.28. The van der Waals surface area contributed by atoms with Gasteiger partial charge in [0, 0.05) is 10.2 Å². The molecule has 2 rings (SSSR count). The van der Waals surface area contributed by atoms with Crippen molar-refractivity contribution in [1.82, 2.24) is 4.98 Å². The quantitative estimate of drug-likeness (QED) is 0.883. The second-order valence-electron chi connectivity index (χ2n) is 4.54. The zero-order valence-corrected chi connectivity index (χ0v) is 13.0. The number of carbonyl (C=O) groups is 1. The van der Waals surface area contributed by atoms with Gasteiger partial charge in [-0.3, -0.25) is 0 Å². The number of aromatic nitrogens is 1. The Morgan fingerprint density at radius 2 is 2.10 bits per heavy atom. The fraction of sp³-hybridized carbons (Fsp3) is 0.133. The Morgan fingerprint density at radius 1 is 1.38 bits per heavy atom. The van der Waals surface area contributed by atoms with Gasteiger partial charge >= 0.3 is 5.97 Å². The molecule has 1 aromatic carbocycles. The van der Waals surface area contributed by atoms with Crippen LogP contribution in [-0.2, 0) is 0 Å².